The molecule has 32 heavy (non-hydrogen) atoms. The lowest BCUT2D eigenvalue weighted by Crippen LogP contribution is -2.29. The number of hydrogen-bond donors (Lipinski definition) is 0. The molecule has 0 bridgehead atoms. The maximum absolute atomic E-state index is 13.3. The van der Waals surface area contributed by atoms with Gasteiger partial charge >= 0.3 is 0 Å². The smallest absolute Gasteiger partial charge is 0.267 e. The first kappa shape index (κ1) is 21.8. The molecule has 0 N–H and O–H groups in total. The van der Waals surface area contributed by atoms with Crippen LogP contribution in [0.5, 0.6) is 0 Å². The molecule has 4 rings (SSSR count). The second-order valence-electron chi connectivity index (χ2n) is 7.71. The van der Waals surface area contributed by atoms with Crippen molar-refractivity contribution in [2.24, 2.45) is 0 Å². The van der Waals surface area contributed by atoms with Gasteiger partial charge in [-0.25, -0.2) is 14.5 Å². The number of carbonyl (C=O) groups excluding carboxylic acids is 1. The Morgan fingerprint density at radius 1 is 1.03 bits per heavy atom. The number of benzene rings is 2. The van der Waals surface area contributed by atoms with Crippen molar-refractivity contribution in [2.45, 2.75) is 25.5 Å². The van der Waals surface area contributed by atoms with E-state index < -0.39 is 0 Å². The van der Waals surface area contributed by atoms with Crippen LogP contribution >= 0.6 is 11.8 Å². The van der Waals surface area contributed by atoms with E-state index in [9.17, 15) is 9.59 Å². The minimum atomic E-state index is -0.199. The first-order valence-electron chi connectivity index (χ1n) is 10.3. The maximum atomic E-state index is 13.3. The molecule has 7 heteroatoms. The summed E-state index contributed by atoms with van der Waals surface area (Å²) in [5, 5.41) is 0.963. The van der Waals surface area contributed by atoms with Gasteiger partial charge < -0.3 is 4.90 Å². The van der Waals surface area contributed by atoms with Gasteiger partial charge in [-0.05, 0) is 48.7 Å². The lowest BCUT2D eigenvalue weighted by Gasteiger charge is -2.19. The molecule has 1 amide bonds. The molecular formula is C25H24N4O2S. The normalized spacial score (nSPS) is 11.0. The summed E-state index contributed by atoms with van der Waals surface area (Å²) >= 11 is 1.25. The highest BCUT2D eigenvalue weighted by Crippen LogP contribution is 2.21. The molecule has 0 fully saturated rings. The van der Waals surface area contributed by atoms with Crippen LogP contribution in [0.15, 0.2) is 76.8 Å². The number of fused-ring (bicyclic) bond motifs is 1. The van der Waals surface area contributed by atoms with Crippen molar-refractivity contribution < 1.29 is 4.79 Å². The number of nitrogens with zero attached hydrogens (tertiary/aromatic N) is 4. The van der Waals surface area contributed by atoms with E-state index in [2.05, 4.69) is 9.97 Å². The van der Waals surface area contributed by atoms with Gasteiger partial charge in [-0.2, -0.15) is 0 Å². The number of aryl methyl sites for hydroxylation is 2. The highest BCUT2D eigenvalue weighted by Gasteiger charge is 2.17. The van der Waals surface area contributed by atoms with E-state index in [1.165, 1.54) is 16.3 Å². The van der Waals surface area contributed by atoms with Crippen LogP contribution in [0.4, 0.5) is 0 Å². The molecule has 0 unspecified atom stereocenters. The van der Waals surface area contributed by atoms with Crippen LogP contribution in [0.25, 0.3) is 16.7 Å². The van der Waals surface area contributed by atoms with Gasteiger partial charge in [-0.15, -0.1) is 0 Å². The first-order valence-corrected chi connectivity index (χ1v) is 11.3. The summed E-state index contributed by atoms with van der Waals surface area (Å²) in [6.07, 6.45) is 1.71. The van der Waals surface area contributed by atoms with Crippen LogP contribution in [-0.2, 0) is 11.3 Å². The summed E-state index contributed by atoms with van der Waals surface area (Å²) in [7, 11) is 1.79. The molecule has 6 nitrogen and oxygen atoms in total. The number of pyridine rings is 1. The largest absolute Gasteiger partial charge is 0.341 e. The van der Waals surface area contributed by atoms with Crippen LogP contribution in [-0.4, -0.2) is 38.1 Å². The van der Waals surface area contributed by atoms with Crippen molar-refractivity contribution in [3.8, 4) is 5.82 Å². The summed E-state index contributed by atoms with van der Waals surface area (Å²) in [4.78, 5) is 36.9. The minimum Gasteiger partial charge on any atom is -0.341 e. The maximum Gasteiger partial charge on any atom is 0.267 e. The molecule has 0 saturated heterocycles. The Kier molecular flexibility index (Phi) is 6.37. The zero-order chi connectivity index (χ0) is 22.7. The third-order valence-electron chi connectivity index (χ3n) is 5.29. The Bertz CT molecular complexity index is 1330. The number of aromatic nitrogens is 3. The topological polar surface area (TPSA) is 68.1 Å². The predicted molar refractivity (Wildman–Crippen MR) is 128 cm³/mol. The average molecular weight is 445 g/mol. The fourth-order valence-electron chi connectivity index (χ4n) is 3.37. The summed E-state index contributed by atoms with van der Waals surface area (Å²) in [5.74, 6) is 0.616. The van der Waals surface area contributed by atoms with Crippen molar-refractivity contribution in [3.63, 3.8) is 0 Å². The van der Waals surface area contributed by atoms with Crippen molar-refractivity contribution in [1.82, 2.24) is 19.4 Å². The summed E-state index contributed by atoms with van der Waals surface area (Å²) in [6, 6.07) is 18.9. The highest BCUT2D eigenvalue weighted by molar-refractivity contribution is 7.99. The summed E-state index contributed by atoms with van der Waals surface area (Å²) in [6.45, 7) is 4.51. The second kappa shape index (κ2) is 9.36. The number of hydrogen-bond acceptors (Lipinski definition) is 5. The van der Waals surface area contributed by atoms with Crippen molar-refractivity contribution in [3.05, 3.63) is 93.9 Å². The van der Waals surface area contributed by atoms with Crippen molar-refractivity contribution in [1.29, 1.82) is 0 Å². The van der Waals surface area contributed by atoms with Crippen LogP contribution < -0.4 is 5.56 Å². The van der Waals surface area contributed by atoms with Gasteiger partial charge in [0.25, 0.3) is 5.56 Å². The molecule has 0 aliphatic heterocycles. The Morgan fingerprint density at radius 3 is 2.53 bits per heavy atom. The van der Waals surface area contributed by atoms with Gasteiger partial charge in [0.05, 0.1) is 16.7 Å². The average Bonchev–Trinajstić information content (AvgIpc) is 2.80. The van der Waals surface area contributed by atoms with Gasteiger partial charge in [0.1, 0.15) is 5.82 Å². The van der Waals surface area contributed by atoms with Crippen molar-refractivity contribution >= 4 is 28.6 Å². The second-order valence-corrected chi connectivity index (χ2v) is 8.65. The lowest BCUT2D eigenvalue weighted by molar-refractivity contribution is -0.127. The van der Waals surface area contributed by atoms with Gasteiger partial charge in [0, 0.05) is 19.8 Å². The first-order chi connectivity index (χ1) is 15.4. The third kappa shape index (κ3) is 4.57. The molecule has 0 saturated carbocycles. The van der Waals surface area contributed by atoms with E-state index >= 15 is 0 Å². The van der Waals surface area contributed by atoms with Gasteiger partial charge in [-0.1, -0.05) is 54.2 Å². The minimum absolute atomic E-state index is 0.0379. The van der Waals surface area contributed by atoms with E-state index in [0.29, 0.717) is 28.4 Å². The van der Waals surface area contributed by atoms with E-state index in [4.69, 9.17) is 0 Å². The standard InChI is InChI=1S/C25H24N4O2S/c1-17-12-13-22(26-14-17)29-24(31)20-10-6-7-11-21(20)27-25(29)32-16-23(30)28(3)15-19-9-5-4-8-18(19)2/h4-14H,15-16H2,1-3H3. The molecule has 4 aromatic rings. The molecular weight excluding hydrogens is 420 g/mol. The van der Waals surface area contributed by atoms with E-state index in [-0.39, 0.29) is 17.2 Å². The molecule has 162 valence electrons. The Balaban J connectivity index is 1.62. The zero-order valence-electron chi connectivity index (χ0n) is 18.3. The van der Waals surface area contributed by atoms with Gasteiger partial charge in [0.15, 0.2) is 5.16 Å². The molecule has 2 heterocycles. The summed E-state index contributed by atoms with van der Waals surface area (Å²) < 4.78 is 1.49. The van der Waals surface area contributed by atoms with Crippen LogP contribution in [0.2, 0.25) is 0 Å². The third-order valence-corrected chi connectivity index (χ3v) is 6.21. The number of thioether (sulfide) groups is 1. The molecule has 0 atom stereocenters. The SMILES string of the molecule is Cc1ccc(-n2c(SCC(=O)N(C)Cc3ccccc3C)nc3ccccc3c2=O)nc1. The molecule has 2 aromatic heterocycles. The fraction of sp³-hybridized carbons (Fsp3) is 0.200. The number of para-hydroxylation sites is 1. The Labute approximate surface area is 190 Å². The van der Waals surface area contributed by atoms with Crippen LogP contribution in [0, 0.1) is 13.8 Å². The predicted octanol–water partition coefficient (Wildman–Crippen LogP) is 4.15. The van der Waals surface area contributed by atoms with Gasteiger partial charge in [-0.3, -0.25) is 9.59 Å². The van der Waals surface area contributed by atoms with Gasteiger partial charge in [0.2, 0.25) is 5.91 Å². The number of amides is 1. The lowest BCUT2D eigenvalue weighted by atomic mass is 10.1. The number of carbonyl (C=O) groups is 1. The summed E-state index contributed by atoms with van der Waals surface area (Å²) in [5.41, 5.74) is 3.66. The zero-order valence-corrected chi connectivity index (χ0v) is 19.1. The molecule has 0 aliphatic rings. The quantitative estimate of drug-likeness (QED) is 0.330. The van der Waals surface area contributed by atoms with E-state index in [1.54, 1.807) is 36.3 Å². The number of rotatable bonds is 6. The molecule has 0 radical (unpaired) electrons. The molecule has 2 aromatic carbocycles. The van der Waals surface area contributed by atoms with Crippen molar-refractivity contribution in [2.75, 3.05) is 12.8 Å². The molecule has 0 spiro atoms. The Hall–Kier alpha value is -3.45. The highest BCUT2D eigenvalue weighted by atomic mass is 32.2. The Morgan fingerprint density at radius 2 is 1.78 bits per heavy atom. The van der Waals surface area contributed by atoms with Crippen LogP contribution in [0.1, 0.15) is 16.7 Å². The van der Waals surface area contributed by atoms with E-state index in [0.717, 1.165) is 16.7 Å². The fourth-order valence-corrected chi connectivity index (χ4v) is 4.31. The monoisotopic (exact) mass is 444 g/mol. The molecule has 0 aliphatic carbocycles. The van der Waals surface area contributed by atoms with E-state index in [1.807, 2.05) is 56.3 Å². The van der Waals surface area contributed by atoms with Crippen LogP contribution in [0.3, 0.4) is 0 Å².